The van der Waals surface area contributed by atoms with E-state index in [9.17, 15) is 20.2 Å². The second-order valence-electron chi connectivity index (χ2n) is 0.614. The van der Waals surface area contributed by atoms with E-state index in [1.807, 2.05) is 0 Å². The molecule has 7 heavy (non-hydrogen) atoms. The monoisotopic (exact) mass is 300 g/mol. The Morgan fingerprint density at radius 2 is 1.43 bits per heavy atom. The van der Waals surface area contributed by atoms with Crippen LogP contribution in [0, 0.1) is 20.2 Å². The van der Waals surface area contributed by atoms with E-state index in [1.54, 1.807) is 0 Å². The first-order chi connectivity index (χ1) is 3.13. The second kappa shape index (κ2) is 2.82. The molecule has 0 rings (SSSR count). The minimum atomic E-state index is -2.71. The van der Waals surface area contributed by atoms with Gasteiger partial charge in [-0.2, -0.15) is 0 Å². The molecule has 0 atom stereocenters. The van der Waals surface area contributed by atoms with E-state index in [0.29, 0.717) is 0 Å². The standard InChI is InChI=1S/2NO2.Pb/c2*2-1-3;. The molecule has 0 fully saturated rings. The van der Waals surface area contributed by atoms with Gasteiger partial charge in [-0.25, -0.2) is 0 Å². The number of nitrogens with zero attached hydrogens (tertiary/aromatic N) is 2. The van der Waals surface area contributed by atoms with Crippen molar-refractivity contribution < 1.29 is 5.47 Å². The van der Waals surface area contributed by atoms with Crippen LogP contribution in [0.3, 0.4) is 0 Å². The van der Waals surface area contributed by atoms with Crippen molar-refractivity contribution in [2.75, 3.05) is 0 Å². The zero-order chi connectivity index (χ0) is 5.86. The third-order valence-electron chi connectivity index (χ3n) is 0.163. The van der Waals surface area contributed by atoms with Crippen LogP contribution in [0.25, 0.3) is 0 Å². The van der Waals surface area contributed by atoms with E-state index in [0.717, 1.165) is 0 Å². The summed E-state index contributed by atoms with van der Waals surface area (Å²) in [6, 6.07) is 0. The van der Waals surface area contributed by atoms with Crippen molar-refractivity contribution in [3.05, 3.63) is 20.2 Å². The molecule has 0 N–H and O–H groups in total. The zero-order valence-electron chi connectivity index (χ0n) is 3.03. The van der Waals surface area contributed by atoms with Crippen molar-refractivity contribution >= 4 is 24.8 Å². The molecule has 38 valence electrons. The Labute approximate surface area is 50.9 Å². The average Bonchev–Trinajstić information content (AvgIpc) is 1.27. The van der Waals surface area contributed by atoms with Gasteiger partial charge in [-0.05, 0) is 0 Å². The van der Waals surface area contributed by atoms with Gasteiger partial charge in [0.1, 0.15) is 0 Å². The van der Waals surface area contributed by atoms with Crippen LogP contribution in [0.4, 0.5) is 0 Å². The van der Waals surface area contributed by atoms with Crippen molar-refractivity contribution in [1.29, 1.82) is 0 Å². The van der Waals surface area contributed by atoms with Crippen molar-refractivity contribution in [3.63, 3.8) is 0 Å². The maximum absolute atomic E-state index is 9.26. The summed E-state index contributed by atoms with van der Waals surface area (Å²) in [7, 11) is 0. The van der Waals surface area contributed by atoms with Crippen molar-refractivity contribution in [2.24, 2.45) is 0 Å². The van der Waals surface area contributed by atoms with Gasteiger partial charge in [0.2, 0.25) is 0 Å². The molecule has 0 unspecified atom stereocenters. The molecular weight excluding hydrogens is 299 g/mol. The molecule has 0 saturated heterocycles. The Kier molecular flexibility index (Phi) is 2.71. The molecular formula is N2O4Pb. The number of rotatable bonds is 2. The van der Waals surface area contributed by atoms with Gasteiger partial charge in [-0.1, -0.05) is 0 Å². The Bertz CT molecular complexity index is 85.9. The van der Waals surface area contributed by atoms with E-state index >= 15 is 0 Å². The summed E-state index contributed by atoms with van der Waals surface area (Å²) in [6.07, 6.45) is 0. The van der Waals surface area contributed by atoms with E-state index < -0.39 is 30.3 Å². The molecule has 2 radical (unpaired) electrons. The van der Waals surface area contributed by atoms with E-state index in [-0.39, 0.29) is 0 Å². The van der Waals surface area contributed by atoms with Crippen LogP contribution in [-0.4, -0.2) is 30.3 Å². The Balaban J connectivity index is 3.32. The predicted octanol–water partition coefficient (Wildman–Crippen LogP) is -0.926. The van der Waals surface area contributed by atoms with Crippen LogP contribution in [0.5, 0.6) is 0 Å². The van der Waals surface area contributed by atoms with Crippen LogP contribution >= 0.6 is 0 Å². The molecule has 0 aromatic rings. The van der Waals surface area contributed by atoms with E-state index in [1.165, 1.54) is 0 Å². The molecule has 0 bridgehead atoms. The van der Waals surface area contributed by atoms with Crippen molar-refractivity contribution in [1.82, 2.24) is 0 Å². The van der Waals surface area contributed by atoms with E-state index in [2.05, 4.69) is 0 Å². The summed E-state index contributed by atoms with van der Waals surface area (Å²) in [5.41, 5.74) is 0. The number of nitro groups is 2. The zero-order valence-corrected chi connectivity index (χ0v) is 6.91. The van der Waals surface area contributed by atoms with Gasteiger partial charge >= 0.3 is 50.5 Å². The molecule has 0 aliphatic rings. The molecule has 0 aliphatic carbocycles. The third kappa shape index (κ3) is 5.72. The SMILES string of the molecule is O=[N+]([O-])[Pb][N+](=O)[O-]. The van der Waals surface area contributed by atoms with Gasteiger partial charge in [0.15, 0.2) is 0 Å². The topological polar surface area (TPSA) is 86.3 Å². The van der Waals surface area contributed by atoms with Gasteiger partial charge in [0.25, 0.3) is 0 Å². The first-order valence-electron chi connectivity index (χ1n) is 1.18. The molecule has 0 aromatic heterocycles. The molecule has 0 amide bonds. The van der Waals surface area contributed by atoms with Gasteiger partial charge in [-0.15, -0.1) is 0 Å². The van der Waals surface area contributed by atoms with E-state index in [4.69, 9.17) is 0 Å². The van der Waals surface area contributed by atoms with Crippen LogP contribution in [0.1, 0.15) is 0 Å². The third-order valence-corrected chi connectivity index (χ3v) is 1.43. The fourth-order valence-corrected chi connectivity index (χ4v) is 0.585. The van der Waals surface area contributed by atoms with Crippen molar-refractivity contribution in [3.8, 4) is 0 Å². The number of hydrogen-bond acceptors (Lipinski definition) is 4. The Morgan fingerprint density at radius 3 is 1.43 bits per heavy atom. The first kappa shape index (κ1) is 6.72. The van der Waals surface area contributed by atoms with Crippen molar-refractivity contribution in [2.45, 2.75) is 0 Å². The van der Waals surface area contributed by atoms with Gasteiger partial charge in [0.05, 0.1) is 0 Å². The summed E-state index contributed by atoms with van der Waals surface area (Å²) >= 11 is -2.71. The summed E-state index contributed by atoms with van der Waals surface area (Å²) in [4.78, 5) is 18.5. The van der Waals surface area contributed by atoms with Crippen LogP contribution in [0.15, 0.2) is 0 Å². The number of hydrogen-bond donors (Lipinski definition) is 0. The van der Waals surface area contributed by atoms with Crippen LogP contribution in [0.2, 0.25) is 0 Å². The molecule has 0 spiro atoms. The van der Waals surface area contributed by atoms with Crippen LogP contribution in [-0.2, 0) is 0 Å². The predicted molar refractivity (Wildman–Crippen MR) is 19.7 cm³/mol. The van der Waals surface area contributed by atoms with Gasteiger partial charge in [-0.3, -0.25) is 0 Å². The Morgan fingerprint density at radius 1 is 1.14 bits per heavy atom. The fourth-order valence-electron chi connectivity index (χ4n) is 0.0667. The fraction of sp³-hybridized carbons (Fsp3) is 0. The molecule has 7 heteroatoms. The molecule has 0 heterocycles. The molecule has 0 saturated carbocycles. The summed E-state index contributed by atoms with van der Waals surface area (Å²) < 4.78 is -1.61. The van der Waals surface area contributed by atoms with Gasteiger partial charge < -0.3 is 0 Å². The average molecular weight is 299 g/mol. The Hall–Kier alpha value is -0.278. The minimum absolute atomic E-state index is 0.806. The maximum atomic E-state index is 9.26. The first-order valence-corrected chi connectivity index (χ1v) is 4.65. The normalized spacial score (nSPS) is 8.00. The molecule has 0 aromatic carbocycles. The molecule has 6 nitrogen and oxygen atoms in total. The van der Waals surface area contributed by atoms with Gasteiger partial charge in [0, 0.05) is 0 Å². The summed E-state index contributed by atoms with van der Waals surface area (Å²) in [6.45, 7) is 0. The van der Waals surface area contributed by atoms with Crippen LogP contribution < -0.4 is 0 Å². The second-order valence-corrected chi connectivity index (χ2v) is 4.23. The summed E-state index contributed by atoms with van der Waals surface area (Å²) in [5.74, 6) is 0. The molecule has 0 aliphatic heterocycles. The summed E-state index contributed by atoms with van der Waals surface area (Å²) in [5, 5.41) is 18.5. The quantitative estimate of drug-likeness (QED) is 0.375.